The molecule has 0 fully saturated rings. The predicted octanol–water partition coefficient (Wildman–Crippen LogP) is 4.36. The van der Waals surface area contributed by atoms with Crippen LogP contribution in [0.4, 0.5) is 20.1 Å². The topological polar surface area (TPSA) is 229 Å². The molecule has 3 atom stereocenters. The van der Waals surface area contributed by atoms with Gasteiger partial charge in [-0.15, -0.1) is 0 Å². The van der Waals surface area contributed by atoms with Crippen LogP contribution in [-0.2, 0) is 42.9 Å². The lowest BCUT2D eigenvalue weighted by Gasteiger charge is -2.37. The zero-order valence-electron chi connectivity index (χ0n) is 33.0. The summed E-state index contributed by atoms with van der Waals surface area (Å²) in [5, 5.41) is 16.3. The lowest BCUT2D eigenvalue weighted by molar-refractivity contribution is -0.144. The summed E-state index contributed by atoms with van der Waals surface area (Å²) >= 11 is 0. The smallest absolute Gasteiger partial charge is 0.410 e. The normalized spacial score (nSPS) is 13.3. The first-order chi connectivity index (χ1) is 25.6. The minimum Gasteiger partial charge on any atom is -0.480 e. The zero-order valence-corrected chi connectivity index (χ0v) is 33.0. The van der Waals surface area contributed by atoms with Crippen LogP contribution in [0.3, 0.4) is 0 Å². The van der Waals surface area contributed by atoms with Crippen LogP contribution >= 0.6 is 0 Å². The first kappa shape index (κ1) is 43.6. The molecule has 55 heavy (non-hydrogen) atoms. The van der Waals surface area contributed by atoms with Crippen molar-refractivity contribution in [3.05, 3.63) is 65.9 Å². The van der Waals surface area contributed by atoms with Crippen LogP contribution in [0.2, 0.25) is 0 Å². The van der Waals surface area contributed by atoms with Crippen molar-refractivity contribution in [2.24, 2.45) is 24.4 Å². The van der Waals surface area contributed by atoms with Gasteiger partial charge in [-0.05, 0) is 68.9 Å². The number of carbonyl (C=O) groups excluding carboxylic acids is 5. The Morgan fingerprint density at radius 3 is 2.11 bits per heavy atom. The van der Waals surface area contributed by atoms with Crippen molar-refractivity contribution in [2.75, 3.05) is 18.5 Å². The van der Waals surface area contributed by atoms with E-state index in [4.69, 9.17) is 20.9 Å². The van der Waals surface area contributed by atoms with Gasteiger partial charge in [0, 0.05) is 48.8 Å². The fourth-order valence-corrected chi connectivity index (χ4v) is 6.53. The molecule has 300 valence electrons. The number of rotatable bonds is 16. The summed E-state index contributed by atoms with van der Waals surface area (Å²) in [5.41, 5.74) is 11.6. The molecular formula is C39H55N7O9. The van der Waals surface area contributed by atoms with Crippen LogP contribution < -0.4 is 27.0 Å². The lowest BCUT2D eigenvalue weighted by atomic mass is 9.77. The second kappa shape index (κ2) is 18.0. The fourth-order valence-electron chi connectivity index (χ4n) is 6.53. The number of hydrogen-bond donors (Lipinski definition) is 5. The number of nitrogens with zero attached hydrogens (tertiary/aromatic N) is 3. The van der Waals surface area contributed by atoms with Crippen LogP contribution in [0.5, 0.6) is 0 Å². The number of carboxylic acid groups (broad SMARTS) is 1. The Balaban J connectivity index is 1.88. The molecule has 0 radical (unpaired) electrons. The van der Waals surface area contributed by atoms with Gasteiger partial charge in [0.1, 0.15) is 30.3 Å². The van der Waals surface area contributed by atoms with E-state index in [2.05, 4.69) is 10.6 Å². The van der Waals surface area contributed by atoms with E-state index < -0.39 is 71.1 Å². The number of para-hydroxylation sites is 1. The number of urea groups is 1. The summed E-state index contributed by atoms with van der Waals surface area (Å²) in [6, 6.07) is 9.49. The van der Waals surface area contributed by atoms with Crippen LogP contribution in [0.25, 0.3) is 10.9 Å². The molecule has 0 aliphatic carbocycles. The molecule has 0 saturated heterocycles. The van der Waals surface area contributed by atoms with Gasteiger partial charge >= 0.3 is 24.2 Å². The Kier molecular flexibility index (Phi) is 14.3. The van der Waals surface area contributed by atoms with Crippen molar-refractivity contribution < 1.29 is 43.3 Å². The Hall–Kier alpha value is -5.80. The number of nitrogens with two attached hydrogens (primary N) is 2. The third-order valence-electron chi connectivity index (χ3n) is 9.20. The van der Waals surface area contributed by atoms with E-state index in [1.54, 1.807) is 60.6 Å². The van der Waals surface area contributed by atoms with Gasteiger partial charge < -0.3 is 41.2 Å². The Morgan fingerprint density at radius 2 is 1.56 bits per heavy atom. The van der Waals surface area contributed by atoms with Crippen molar-refractivity contribution >= 4 is 52.6 Å². The quantitative estimate of drug-likeness (QED) is 0.130. The molecular weight excluding hydrogens is 710 g/mol. The molecule has 16 heteroatoms. The molecule has 0 aliphatic heterocycles. The number of aromatic nitrogens is 1. The van der Waals surface area contributed by atoms with Crippen molar-refractivity contribution in [1.82, 2.24) is 20.1 Å². The summed E-state index contributed by atoms with van der Waals surface area (Å²) in [5.74, 6) is -3.11. The second-order valence-corrected chi connectivity index (χ2v) is 15.4. The van der Waals surface area contributed by atoms with E-state index in [9.17, 15) is 33.9 Å². The molecule has 3 aromatic rings. The highest BCUT2D eigenvalue weighted by molar-refractivity contribution is 6.04. The summed E-state index contributed by atoms with van der Waals surface area (Å²) in [6.07, 6.45) is 0.459. The molecule has 0 bridgehead atoms. The Morgan fingerprint density at radius 1 is 0.945 bits per heavy atom. The number of benzene rings is 2. The van der Waals surface area contributed by atoms with Gasteiger partial charge in [-0.1, -0.05) is 58.0 Å². The van der Waals surface area contributed by atoms with Gasteiger partial charge in [0.2, 0.25) is 5.91 Å². The number of alkyl carbamates (subject to hydrolysis) is 1. The third kappa shape index (κ3) is 11.1. The number of nitrogens with one attached hydrogen (secondary N) is 2. The first-order valence-electron chi connectivity index (χ1n) is 18.0. The van der Waals surface area contributed by atoms with Crippen LogP contribution in [0.1, 0.15) is 72.4 Å². The fraction of sp³-hybridized carbons (Fsp3) is 0.487. The average molecular weight is 766 g/mol. The first-order valence-corrected chi connectivity index (χ1v) is 18.0. The molecule has 6 amide bonds. The summed E-state index contributed by atoms with van der Waals surface area (Å²) in [7, 11) is 3.25. The Bertz CT molecular complexity index is 1860. The summed E-state index contributed by atoms with van der Waals surface area (Å²) < 4.78 is 12.9. The van der Waals surface area contributed by atoms with Crippen LogP contribution in [0, 0.1) is 5.92 Å². The van der Waals surface area contributed by atoms with Crippen molar-refractivity contribution in [3.8, 4) is 0 Å². The SMILES string of the molecule is CC(C)[C@H](NC(=O)OC(C)(C)C)C(=O)N(c1ccc(COC(=O)N(C)[C@H](C(=O)O)C(C)(C)c2cn(C)c3ccccc23)cc1)[C@@H](CCCNC(N)=O)C(N)=O. The number of fused-ring (bicyclic) bond motifs is 1. The molecule has 2 aromatic carbocycles. The van der Waals surface area contributed by atoms with Gasteiger partial charge in [0.15, 0.2) is 0 Å². The lowest BCUT2D eigenvalue weighted by Crippen LogP contribution is -2.57. The molecule has 1 aromatic heterocycles. The standard InChI is InChI=1S/C39H55N7O9/c1-23(2)30(43-36(52)55-38(3,4)5)33(48)46(29(32(40)47)15-12-20-42-35(41)51)25-18-16-24(17-19-25)22-54-37(53)45(9)31(34(49)50)39(6,7)27-21-44(8)28-14-11-10-13-26(27)28/h10-11,13-14,16-19,21,23,29-31H,12,15,20,22H2,1-9H3,(H2,40,47)(H,43,52)(H,49,50)(H3,41,42,51)/t29-,30-,31+/m0/s1. The van der Waals surface area contributed by atoms with E-state index in [1.807, 2.05) is 42.1 Å². The van der Waals surface area contributed by atoms with Gasteiger partial charge in [-0.25, -0.2) is 19.2 Å². The van der Waals surface area contributed by atoms with E-state index in [1.165, 1.54) is 24.1 Å². The number of aryl methyl sites for hydroxylation is 1. The average Bonchev–Trinajstić information content (AvgIpc) is 3.43. The van der Waals surface area contributed by atoms with Gasteiger partial charge in [0.25, 0.3) is 5.91 Å². The number of amides is 6. The number of aliphatic carboxylic acids is 1. The molecule has 0 spiro atoms. The zero-order chi connectivity index (χ0) is 41.4. The molecule has 1 heterocycles. The molecule has 16 nitrogen and oxygen atoms in total. The van der Waals surface area contributed by atoms with E-state index in [0.717, 1.165) is 21.4 Å². The highest BCUT2D eigenvalue weighted by Gasteiger charge is 2.44. The maximum atomic E-state index is 14.3. The number of likely N-dealkylation sites (N-methyl/N-ethyl adjacent to an activating group) is 1. The van der Waals surface area contributed by atoms with Crippen molar-refractivity contribution in [1.29, 1.82) is 0 Å². The molecule has 0 saturated carbocycles. The van der Waals surface area contributed by atoms with Gasteiger partial charge in [-0.3, -0.25) is 19.4 Å². The molecule has 3 rings (SSSR count). The number of ether oxygens (including phenoxy) is 2. The monoisotopic (exact) mass is 765 g/mol. The third-order valence-corrected chi connectivity index (χ3v) is 9.20. The number of carbonyl (C=O) groups is 6. The van der Waals surface area contributed by atoms with Crippen molar-refractivity contribution in [2.45, 2.75) is 97.1 Å². The maximum absolute atomic E-state index is 14.3. The minimum absolute atomic E-state index is 0.0458. The highest BCUT2D eigenvalue weighted by atomic mass is 16.6. The van der Waals surface area contributed by atoms with Gasteiger partial charge in [-0.2, -0.15) is 0 Å². The summed E-state index contributed by atoms with van der Waals surface area (Å²) in [6.45, 7) is 11.9. The number of carboxylic acids is 1. The summed E-state index contributed by atoms with van der Waals surface area (Å²) in [4.78, 5) is 79.5. The number of hydrogen-bond acceptors (Lipinski definition) is 8. The van der Waals surface area contributed by atoms with E-state index in [0.29, 0.717) is 5.56 Å². The highest BCUT2D eigenvalue weighted by Crippen LogP contribution is 2.36. The van der Waals surface area contributed by atoms with E-state index in [-0.39, 0.29) is 31.7 Å². The molecule has 7 N–H and O–H groups in total. The van der Waals surface area contributed by atoms with Crippen LogP contribution in [-0.4, -0.2) is 87.9 Å². The Labute approximate surface area is 321 Å². The van der Waals surface area contributed by atoms with Crippen LogP contribution in [0.15, 0.2) is 54.7 Å². The molecule has 0 unspecified atom stereocenters. The predicted molar refractivity (Wildman–Crippen MR) is 207 cm³/mol. The second-order valence-electron chi connectivity index (χ2n) is 15.4. The maximum Gasteiger partial charge on any atom is 0.410 e. The minimum atomic E-state index is -1.29. The number of anilines is 1. The largest absolute Gasteiger partial charge is 0.480 e. The molecule has 0 aliphatic rings. The van der Waals surface area contributed by atoms with Gasteiger partial charge in [0.05, 0.1) is 0 Å². The van der Waals surface area contributed by atoms with E-state index >= 15 is 0 Å². The van der Waals surface area contributed by atoms with Crippen molar-refractivity contribution in [3.63, 3.8) is 0 Å². The number of primary amides is 2.